The van der Waals surface area contributed by atoms with Crippen LogP contribution >= 0.6 is 11.3 Å². The van der Waals surface area contributed by atoms with Crippen LogP contribution in [0.25, 0.3) is 0 Å². The van der Waals surface area contributed by atoms with Crippen LogP contribution in [0.1, 0.15) is 31.6 Å². The Kier molecular flexibility index (Phi) is 5.59. The maximum atomic E-state index is 5.79. The van der Waals surface area contributed by atoms with Gasteiger partial charge in [-0.1, -0.05) is 19.9 Å². The van der Waals surface area contributed by atoms with Crippen molar-refractivity contribution in [3.8, 4) is 0 Å². The summed E-state index contributed by atoms with van der Waals surface area (Å²) < 4.78 is 0. The van der Waals surface area contributed by atoms with E-state index in [1.165, 1.54) is 4.88 Å². The second-order valence-corrected chi connectivity index (χ2v) is 5.74. The molecule has 4 heteroatoms. The number of nitrogens with one attached hydrogen (secondary N) is 1. The van der Waals surface area contributed by atoms with Gasteiger partial charge in [-0.15, -0.1) is 11.3 Å². The van der Waals surface area contributed by atoms with Crippen LogP contribution in [0.2, 0.25) is 0 Å². The van der Waals surface area contributed by atoms with Crippen LogP contribution in [0.3, 0.4) is 0 Å². The smallest absolute Gasteiger partial charge is 0.0442 e. The Morgan fingerprint density at radius 2 is 2.06 bits per heavy atom. The van der Waals surface area contributed by atoms with E-state index in [1.54, 1.807) is 11.3 Å². The van der Waals surface area contributed by atoms with E-state index in [4.69, 9.17) is 5.84 Å². The third kappa shape index (κ3) is 3.07. The van der Waals surface area contributed by atoms with Gasteiger partial charge in [0.1, 0.15) is 0 Å². The number of nitrogens with two attached hydrogens (primary N) is 1. The number of rotatable bonds is 7. The Balaban J connectivity index is 2.89. The van der Waals surface area contributed by atoms with E-state index < -0.39 is 0 Å². The quantitative estimate of drug-likeness (QED) is 0.580. The molecule has 0 fully saturated rings. The number of hydrogen-bond donors (Lipinski definition) is 2. The second kappa shape index (κ2) is 6.50. The fourth-order valence-corrected chi connectivity index (χ4v) is 3.47. The van der Waals surface area contributed by atoms with E-state index in [0.717, 1.165) is 19.3 Å². The molecule has 0 spiro atoms. The summed E-state index contributed by atoms with van der Waals surface area (Å²) in [5.74, 6) is 5.79. The molecule has 17 heavy (non-hydrogen) atoms. The molecule has 0 aliphatic heterocycles. The van der Waals surface area contributed by atoms with Crippen LogP contribution < -0.4 is 11.3 Å². The molecule has 0 radical (unpaired) electrons. The van der Waals surface area contributed by atoms with Crippen molar-refractivity contribution in [2.45, 2.75) is 44.7 Å². The lowest BCUT2D eigenvalue weighted by atomic mass is 9.81. The normalized spacial score (nSPS) is 14.2. The molecule has 0 bridgehead atoms. The van der Waals surface area contributed by atoms with Crippen LogP contribution in [0.15, 0.2) is 17.5 Å². The van der Waals surface area contributed by atoms with Crippen LogP contribution in [0.5, 0.6) is 0 Å². The van der Waals surface area contributed by atoms with Gasteiger partial charge in [0.15, 0.2) is 0 Å². The monoisotopic (exact) mass is 255 g/mol. The predicted octanol–water partition coefficient (Wildman–Crippen LogP) is 2.24. The summed E-state index contributed by atoms with van der Waals surface area (Å²) in [5.41, 5.74) is 3.15. The molecule has 1 heterocycles. The number of likely N-dealkylation sites (N-methyl/N-ethyl adjacent to an activating group) is 1. The van der Waals surface area contributed by atoms with Gasteiger partial charge < -0.3 is 4.90 Å². The topological polar surface area (TPSA) is 41.3 Å². The van der Waals surface area contributed by atoms with E-state index >= 15 is 0 Å². The van der Waals surface area contributed by atoms with Crippen molar-refractivity contribution in [3.63, 3.8) is 0 Å². The molecule has 0 aliphatic carbocycles. The SMILES string of the molecule is CCC(CC)(C(Cc1cccs1)NN)N(C)C. The van der Waals surface area contributed by atoms with Crippen molar-refractivity contribution in [3.05, 3.63) is 22.4 Å². The van der Waals surface area contributed by atoms with Gasteiger partial charge in [0.25, 0.3) is 0 Å². The largest absolute Gasteiger partial charge is 0.302 e. The standard InChI is InChI=1S/C13H25N3S/c1-5-13(6-2,16(3)4)12(15-14)10-11-8-7-9-17-11/h7-9,12,15H,5-6,10,14H2,1-4H3. The third-order valence-electron chi connectivity index (χ3n) is 3.95. The van der Waals surface area contributed by atoms with E-state index in [1.807, 2.05) is 0 Å². The zero-order valence-electron chi connectivity index (χ0n) is 11.4. The fourth-order valence-electron chi connectivity index (χ4n) is 2.72. The molecule has 0 aromatic carbocycles. The van der Waals surface area contributed by atoms with E-state index in [2.05, 4.69) is 55.8 Å². The molecule has 3 nitrogen and oxygen atoms in total. The third-order valence-corrected chi connectivity index (χ3v) is 4.85. The summed E-state index contributed by atoms with van der Waals surface area (Å²) in [7, 11) is 4.29. The minimum absolute atomic E-state index is 0.124. The zero-order chi connectivity index (χ0) is 12.9. The molecule has 0 aliphatic rings. The average molecular weight is 255 g/mol. The lowest BCUT2D eigenvalue weighted by Crippen LogP contribution is -2.61. The minimum atomic E-state index is 0.124. The first-order valence-electron chi connectivity index (χ1n) is 6.26. The first-order chi connectivity index (χ1) is 8.10. The second-order valence-electron chi connectivity index (χ2n) is 4.71. The highest BCUT2D eigenvalue weighted by Gasteiger charge is 2.37. The van der Waals surface area contributed by atoms with Crippen LogP contribution in [-0.2, 0) is 6.42 Å². The highest BCUT2D eigenvalue weighted by molar-refractivity contribution is 7.09. The molecule has 0 saturated carbocycles. The van der Waals surface area contributed by atoms with Crippen LogP contribution in [0.4, 0.5) is 0 Å². The van der Waals surface area contributed by atoms with Gasteiger partial charge in [-0.05, 0) is 38.4 Å². The van der Waals surface area contributed by atoms with Gasteiger partial charge in [-0.3, -0.25) is 11.3 Å². The molecular formula is C13H25N3S. The Bertz CT molecular complexity index is 304. The number of hydrogen-bond acceptors (Lipinski definition) is 4. The first-order valence-corrected chi connectivity index (χ1v) is 7.14. The summed E-state index contributed by atoms with van der Waals surface area (Å²) in [6.07, 6.45) is 3.18. The van der Waals surface area contributed by atoms with E-state index in [-0.39, 0.29) is 11.6 Å². The lowest BCUT2D eigenvalue weighted by Gasteiger charge is -2.44. The Labute approximate surface area is 109 Å². The Hall–Kier alpha value is -0.420. The molecule has 0 amide bonds. The molecule has 1 aromatic rings. The molecular weight excluding hydrogens is 230 g/mol. The summed E-state index contributed by atoms with van der Waals surface area (Å²) >= 11 is 1.80. The Morgan fingerprint density at radius 1 is 1.41 bits per heavy atom. The number of nitrogens with zero attached hydrogens (tertiary/aromatic N) is 1. The minimum Gasteiger partial charge on any atom is -0.302 e. The predicted molar refractivity (Wildman–Crippen MR) is 76.1 cm³/mol. The van der Waals surface area contributed by atoms with Gasteiger partial charge in [-0.2, -0.15) is 0 Å². The molecule has 1 aromatic heterocycles. The molecule has 1 rings (SSSR count). The maximum absolute atomic E-state index is 5.79. The van der Waals surface area contributed by atoms with Gasteiger partial charge >= 0.3 is 0 Å². The van der Waals surface area contributed by atoms with Crippen molar-refractivity contribution < 1.29 is 0 Å². The van der Waals surface area contributed by atoms with E-state index in [0.29, 0.717) is 0 Å². The summed E-state index contributed by atoms with van der Waals surface area (Å²) in [6, 6.07) is 4.56. The summed E-state index contributed by atoms with van der Waals surface area (Å²) in [6.45, 7) is 4.48. The average Bonchev–Trinajstić information content (AvgIpc) is 2.82. The highest BCUT2D eigenvalue weighted by Crippen LogP contribution is 2.28. The van der Waals surface area contributed by atoms with Crippen molar-refractivity contribution in [1.29, 1.82) is 0 Å². The molecule has 1 atom stereocenters. The highest BCUT2D eigenvalue weighted by atomic mass is 32.1. The summed E-state index contributed by atoms with van der Waals surface area (Å²) in [4.78, 5) is 3.70. The Morgan fingerprint density at radius 3 is 2.41 bits per heavy atom. The fraction of sp³-hybridized carbons (Fsp3) is 0.692. The van der Waals surface area contributed by atoms with E-state index in [9.17, 15) is 0 Å². The lowest BCUT2D eigenvalue weighted by molar-refractivity contribution is 0.0886. The van der Waals surface area contributed by atoms with Crippen LogP contribution in [0, 0.1) is 0 Å². The van der Waals surface area contributed by atoms with Gasteiger partial charge in [0.05, 0.1) is 0 Å². The van der Waals surface area contributed by atoms with Crippen molar-refractivity contribution >= 4 is 11.3 Å². The number of hydrazine groups is 1. The van der Waals surface area contributed by atoms with Gasteiger partial charge in [0.2, 0.25) is 0 Å². The van der Waals surface area contributed by atoms with Crippen LogP contribution in [-0.4, -0.2) is 30.6 Å². The van der Waals surface area contributed by atoms with Crippen molar-refractivity contribution in [2.24, 2.45) is 5.84 Å². The number of thiophene rings is 1. The maximum Gasteiger partial charge on any atom is 0.0442 e. The summed E-state index contributed by atoms with van der Waals surface area (Å²) in [5, 5.41) is 2.12. The molecule has 1 unspecified atom stereocenters. The van der Waals surface area contributed by atoms with Crippen molar-refractivity contribution in [2.75, 3.05) is 14.1 Å². The molecule has 3 N–H and O–H groups in total. The first kappa shape index (κ1) is 14.6. The van der Waals surface area contributed by atoms with Gasteiger partial charge in [0, 0.05) is 22.9 Å². The van der Waals surface area contributed by atoms with Gasteiger partial charge in [-0.25, -0.2) is 0 Å². The zero-order valence-corrected chi connectivity index (χ0v) is 12.2. The molecule has 0 saturated heterocycles. The van der Waals surface area contributed by atoms with Crippen molar-refractivity contribution in [1.82, 2.24) is 10.3 Å². The molecule has 98 valence electrons.